The molecular formula is C19H13BN5O2. The van der Waals surface area contributed by atoms with Crippen LogP contribution in [0.5, 0.6) is 6.01 Å². The summed E-state index contributed by atoms with van der Waals surface area (Å²) in [6.07, 6.45) is 3.40. The standard InChI is InChI=1S/C19H13BN5O2/c26-20-27-19-24-17(13-5-2-1-3-6-13)23-18(25-19)15-9-7-14(8-10-15)16-21-11-4-12-22-16/h1-12,26H. The van der Waals surface area contributed by atoms with Crippen molar-refractivity contribution in [2.24, 2.45) is 0 Å². The zero-order valence-electron chi connectivity index (χ0n) is 14.1. The predicted molar refractivity (Wildman–Crippen MR) is 100 cm³/mol. The minimum absolute atomic E-state index is 0.0109. The number of benzene rings is 2. The van der Waals surface area contributed by atoms with Gasteiger partial charge in [-0.15, -0.1) is 0 Å². The molecule has 27 heavy (non-hydrogen) atoms. The molecule has 0 spiro atoms. The fourth-order valence-electron chi connectivity index (χ4n) is 2.52. The lowest BCUT2D eigenvalue weighted by Crippen LogP contribution is -2.07. The van der Waals surface area contributed by atoms with Gasteiger partial charge in [-0.2, -0.15) is 9.97 Å². The van der Waals surface area contributed by atoms with Crippen molar-refractivity contribution < 1.29 is 9.68 Å². The molecule has 2 heterocycles. The van der Waals surface area contributed by atoms with Crippen LogP contribution in [0, 0.1) is 0 Å². The van der Waals surface area contributed by atoms with Crippen molar-refractivity contribution in [1.29, 1.82) is 0 Å². The summed E-state index contributed by atoms with van der Waals surface area (Å²) < 4.78 is 4.97. The first-order chi connectivity index (χ1) is 13.3. The Labute approximate surface area is 156 Å². The zero-order valence-corrected chi connectivity index (χ0v) is 14.1. The monoisotopic (exact) mass is 354 g/mol. The van der Waals surface area contributed by atoms with Gasteiger partial charge in [-0.1, -0.05) is 54.6 Å². The van der Waals surface area contributed by atoms with Gasteiger partial charge in [0.25, 0.3) is 0 Å². The molecule has 2 aromatic heterocycles. The summed E-state index contributed by atoms with van der Waals surface area (Å²) in [4.78, 5) is 21.5. The highest BCUT2D eigenvalue weighted by Gasteiger charge is 2.12. The molecule has 0 saturated carbocycles. The molecule has 8 heteroatoms. The second-order valence-electron chi connectivity index (χ2n) is 5.50. The van der Waals surface area contributed by atoms with Gasteiger partial charge in [0.15, 0.2) is 17.5 Å². The van der Waals surface area contributed by atoms with E-state index in [9.17, 15) is 0 Å². The maximum Gasteiger partial charge on any atom is 0.571 e. The zero-order chi connectivity index (χ0) is 18.5. The number of nitrogens with zero attached hydrogens (tertiary/aromatic N) is 5. The molecule has 0 bridgehead atoms. The molecule has 1 radical (unpaired) electrons. The number of aromatic nitrogens is 5. The van der Waals surface area contributed by atoms with Crippen molar-refractivity contribution in [1.82, 2.24) is 24.9 Å². The van der Waals surface area contributed by atoms with E-state index >= 15 is 0 Å². The van der Waals surface area contributed by atoms with Gasteiger partial charge in [0.1, 0.15) is 0 Å². The van der Waals surface area contributed by atoms with E-state index in [1.165, 1.54) is 0 Å². The van der Waals surface area contributed by atoms with Crippen LogP contribution in [0.15, 0.2) is 73.1 Å². The number of hydrogen-bond donors (Lipinski definition) is 1. The molecule has 0 aliphatic rings. The first-order valence-electron chi connectivity index (χ1n) is 8.15. The Hall–Kier alpha value is -3.65. The van der Waals surface area contributed by atoms with Crippen LogP contribution in [0.1, 0.15) is 0 Å². The minimum atomic E-state index is 0.0109. The van der Waals surface area contributed by atoms with Gasteiger partial charge in [0.05, 0.1) is 0 Å². The molecule has 0 aliphatic carbocycles. The Kier molecular flexibility index (Phi) is 4.80. The van der Waals surface area contributed by atoms with Crippen LogP contribution in [-0.4, -0.2) is 37.6 Å². The van der Waals surface area contributed by atoms with Gasteiger partial charge in [0, 0.05) is 29.1 Å². The second-order valence-corrected chi connectivity index (χ2v) is 5.50. The van der Waals surface area contributed by atoms with E-state index in [4.69, 9.17) is 9.68 Å². The van der Waals surface area contributed by atoms with Gasteiger partial charge in [0.2, 0.25) is 0 Å². The molecule has 2 aromatic carbocycles. The maximum atomic E-state index is 8.94. The van der Waals surface area contributed by atoms with Gasteiger partial charge in [-0.3, -0.25) is 0 Å². The summed E-state index contributed by atoms with van der Waals surface area (Å²) in [7, 11) is 0.545. The highest BCUT2D eigenvalue weighted by Crippen LogP contribution is 2.24. The van der Waals surface area contributed by atoms with Crippen molar-refractivity contribution in [3.8, 4) is 40.2 Å². The molecule has 129 valence electrons. The Morgan fingerprint density at radius 3 is 1.78 bits per heavy atom. The van der Waals surface area contributed by atoms with E-state index in [0.29, 0.717) is 25.2 Å². The molecule has 0 atom stereocenters. The largest absolute Gasteiger partial charge is 0.571 e. The molecule has 0 unspecified atom stereocenters. The molecule has 4 rings (SSSR count). The third kappa shape index (κ3) is 3.80. The van der Waals surface area contributed by atoms with E-state index in [-0.39, 0.29) is 6.01 Å². The van der Waals surface area contributed by atoms with E-state index in [1.54, 1.807) is 18.5 Å². The van der Waals surface area contributed by atoms with Crippen molar-refractivity contribution in [2.45, 2.75) is 0 Å². The molecule has 7 nitrogen and oxygen atoms in total. The van der Waals surface area contributed by atoms with Gasteiger partial charge >= 0.3 is 13.7 Å². The molecule has 1 N–H and O–H groups in total. The van der Waals surface area contributed by atoms with Crippen molar-refractivity contribution in [2.75, 3.05) is 0 Å². The normalized spacial score (nSPS) is 10.4. The molecule has 0 fully saturated rings. The fourth-order valence-corrected chi connectivity index (χ4v) is 2.52. The van der Waals surface area contributed by atoms with E-state index in [2.05, 4.69) is 24.9 Å². The molecule has 0 saturated heterocycles. The van der Waals surface area contributed by atoms with Crippen molar-refractivity contribution in [3.05, 3.63) is 73.1 Å². The first-order valence-corrected chi connectivity index (χ1v) is 8.15. The second kappa shape index (κ2) is 7.71. The summed E-state index contributed by atoms with van der Waals surface area (Å²) in [6, 6.07) is 18.8. The lowest BCUT2D eigenvalue weighted by Gasteiger charge is -2.08. The lowest BCUT2D eigenvalue weighted by molar-refractivity contribution is 0.430. The Morgan fingerprint density at radius 2 is 1.19 bits per heavy atom. The maximum absolute atomic E-state index is 8.94. The Balaban J connectivity index is 1.73. The fraction of sp³-hybridized carbons (Fsp3) is 0. The third-order valence-corrected chi connectivity index (χ3v) is 3.77. The summed E-state index contributed by atoms with van der Waals surface area (Å²) in [5.74, 6) is 1.53. The molecule has 4 aromatic rings. The van der Waals surface area contributed by atoms with Crippen molar-refractivity contribution >= 4 is 7.69 Å². The van der Waals surface area contributed by atoms with Gasteiger partial charge in [-0.05, 0) is 6.07 Å². The predicted octanol–water partition coefficient (Wildman–Crippen LogP) is 2.57. The van der Waals surface area contributed by atoms with Crippen LogP contribution in [0.2, 0.25) is 0 Å². The van der Waals surface area contributed by atoms with Crippen LogP contribution in [0.25, 0.3) is 34.2 Å². The summed E-state index contributed by atoms with van der Waals surface area (Å²) in [5.41, 5.74) is 2.48. The van der Waals surface area contributed by atoms with Crippen LogP contribution in [0.3, 0.4) is 0 Å². The summed E-state index contributed by atoms with van der Waals surface area (Å²) in [6.45, 7) is 0. The first kappa shape index (κ1) is 16.8. The number of hydrogen-bond acceptors (Lipinski definition) is 7. The van der Waals surface area contributed by atoms with Crippen LogP contribution >= 0.6 is 0 Å². The quantitative estimate of drug-likeness (QED) is 0.551. The molecular weight excluding hydrogens is 341 g/mol. The SMILES string of the molecule is O[B]Oc1nc(-c2ccccc2)nc(-c2ccc(-c3ncccn3)cc2)n1. The van der Waals surface area contributed by atoms with E-state index in [0.717, 1.165) is 16.7 Å². The Morgan fingerprint density at radius 1 is 0.630 bits per heavy atom. The average Bonchev–Trinajstić information content (AvgIpc) is 2.75. The molecule has 0 amide bonds. The highest BCUT2D eigenvalue weighted by molar-refractivity contribution is 6.17. The minimum Gasteiger partial charge on any atom is -0.508 e. The molecule has 0 aliphatic heterocycles. The van der Waals surface area contributed by atoms with E-state index < -0.39 is 0 Å². The smallest absolute Gasteiger partial charge is 0.508 e. The van der Waals surface area contributed by atoms with E-state index in [1.807, 2.05) is 54.6 Å². The summed E-state index contributed by atoms with van der Waals surface area (Å²) >= 11 is 0. The topological polar surface area (TPSA) is 93.9 Å². The Bertz CT molecular complexity index is 1030. The van der Waals surface area contributed by atoms with Gasteiger partial charge in [-0.25, -0.2) is 15.0 Å². The number of rotatable bonds is 5. The lowest BCUT2D eigenvalue weighted by atomic mass is 10.1. The highest BCUT2D eigenvalue weighted by atomic mass is 16.5. The van der Waals surface area contributed by atoms with Crippen LogP contribution in [0.4, 0.5) is 0 Å². The van der Waals surface area contributed by atoms with Crippen LogP contribution in [-0.2, 0) is 0 Å². The third-order valence-electron chi connectivity index (χ3n) is 3.77. The van der Waals surface area contributed by atoms with Gasteiger partial charge < -0.3 is 9.68 Å². The van der Waals surface area contributed by atoms with Crippen molar-refractivity contribution in [3.63, 3.8) is 0 Å². The van der Waals surface area contributed by atoms with Crippen LogP contribution < -0.4 is 4.65 Å². The average molecular weight is 354 g/mol. The summed E-state index contributed by atoms with van der Waals surface area (Å²) in [5, 5.41) is 8.94.